The molecule has 3 fully saturated rings. The van der Waals surface area contributed by atoms with Crippen molar-refractivity contribution in [3.63, 3.8) is 0 Å². The molecule has 3 amide bonds. The van der Waals surface area contributed by atoms with Crippen LogP contribution in [0.1, 0.15) is 56.2 Å². The number of amides is 3. The number of oxime groups is 1. The number of carboxylic acid groups (broad SMARTS) is 1. The third kappa shape index (κ3) is 5.63. The van der Waals surface area contributed by atoms with Gasteiger partial charge in [-0.15, -0.1) is 11.3 Å². The van der Waals surface area contributed by atoms with E-state index in [1.54, 1.807) is 11.4 Å². The number of benzene rings is 1. The first-order chi connectivity index (χ1) is 21.6. The van der Waals surface area contributed by atoms with Crippen LogP contribution in [0.5, 0.6) is 0 Å². The fourth-order valence-electron chi connectivity index (χ4n) is 6.30. The highest BCUT2D eigenvalue weighted by molar-refractivity contribution is 7.13. The summed E-state index contributed by atoms with van der Waals surface area (Å²) >= 11 is 1.12. The number of hydrogen-bond donors (Lipinski definition) is 4. The van der Waals surface area contributed by atoms with Gasteiger partial charge in [-0.05, 0) is 61.7 Å². The fraction of sp³-hybridized carbons (Fsp3) is 0.379. The Labute approximate surface area is 260 Å². The molecule has 6 rings (SSSR count). The molecule has 16 heteroatoms. The van der Waals surface area contributed by atoms with Gasteiger partial charge in [-0.2, -0.15) is 0 Å². The van der Waals surface area contributed by atoms with Crippen LogP contribution in [-0.2, 0) is 24.0 Å². The van der Waals surface area contributed by atoms with Crippen molar-refractivity contribution in [2.24, 2.45) is 5.16 Å². The Balaban J connectivity index is 1.32. The minimum Gasteiger partial charge on any atom is -0.477 e. The molecule has 1 aromatic heterocycles. The number of anilines is 1. The number of carbonyl (C=O) groups is 4. The maximum atomic E-state index is 13.5. The molecular weight excluding hydrogens is 606 g/mol. The Morgan fingerprint density at radius 1 is 1.22 bits per heavy atom. The number of nitro groups is 1. The van der Waals surface area contributed by atoms with Gasteiger partial charge in [0.05, 0.1) is 11.0 Å². The molecule has 1 saturated carbocycles. The summed E-state index contributed by atoms with van der Waals surface area (Å²) < 4.78 is 0. The van der Waals surface area contributed by atoms with Gasteiger partial charge in [0.25, 0.3) is 17.5 Å². The van der Waals surface area contributed by atoms with Crippen LogP contribution in [0.25, 0.3) is 5.57 Å². The van der Waals surface area contributed by atoms with Gasteiger partial charge in [-0.1, -0.05) is 17.3 Å². The second kappa shape index (κ2) is 12.1. The summed E-state index contributed by atoms with van der Waals surface area (Å²) in [7, 11) is 0. The molecule has 234 valence electrons. The molecule has 0 bridgehead atoms. The van der Waals surface area contributed by atoms with E-state index in [9.17, 15) is 34.4 Å². The molecule has 4 aliphatic rings. The number of allylic oxidation sites excluding steroid dienone is 2. The van der Waals surface area contributed by atoms with Crippen molar-refractivity contribution in [2.75, 3.05) is 12.3 Å². The van der Waals surface area contributed by atoms with Crippen molar-refractivity contribution in [1.29, 1.82) is 0 Å². The number of aliphatic carboxylic acids is 1. The second-order valence-corrected chi connectivity index (χ2v) is 12.0. The van der Waals surface area contributed by atoms with Crippen LogP contribution < -0.4 is 16.4 Å². The third-order valence-corrected chi connectivity index (χ3v) is 9.06. The van der Waals surface area contributed by atoms with Gasteiger partial charge in [-0.25, -0.2) is 9.78 Å². The Bertz CT molecular complexity index is 1710. The number of carboxylic acids is 1. The molecule has 1 aromatic carbocycles. The SMILES string of the molecule is Nc1nc(C(=NOC2CCCC2)C(=O)N[C@@H]2C(=O)N3C(C(=O)O)=C(C(=C4CCNC4=O)c4cccc([N+](=O)[O-])c4)CC[C@H]23)cs1. The number of fused-ring (bicyclic) bond motifs is 1. The minimum atomic E-state index is -1.40. The number of β-lactam (4-membered cyclic amide) rings is 1. The van der Waals surface area contributed by atoms with Gasteiger partial charge in [0.2, 0.25) is 5.91 Å². The number of carbonyl (C=O) groups excluding carboxylic acids is 3. The van der Waals surface area contributed by atoms with E-state index < -0.39 is 40.7 Å². The van der Waals surface area contributed by atoms with Crippen LogP contribution in [0.15, 0.2) is 51.6 Å². The van der Waals surface area contributed by atoms with Crippen molar-refractivity contribution >= 4 is 57.1 Å². The van der Waals surface area contributed by atoms with Gasteiger partial charge >= 0.3 is 5.97 Å². The normalized spacial score (nSPS) is 22.9. The molecule has 0 unspecified atom stereocenters. The van der Waals surface area contributed by atoms with Gasteiger partial charge in [0, 0.05) is 29.6 Å². The van der Waals surface area contributed by atoms with E-state index in [0.29, 0.717) is 12.1 Å². The highest BCUT2D eigenvalue weighted by atomic mass is 32.1. The first-order valence-corrected chi connectivity index (χ1v) is 15.3. The number of rotatable bonds is 9. The van der Waals surface area contributed by atoms with Crippen LogP contribution in [0.2, 0.25) is 0 Å². The van der Waals surface area contributed by atoms with Gasteiger partial charge in [0.1, 0.15) is 23.5 Å². The summed E-state index contributed by atoms with van der Waals surface area (Å²) in [5, 5.41) is 33.1. The third-order valence-electron chi connectivity index (χ3n) is 8.38. The van der Waals surface area contributed by atoms with Crippen molar-refractivity contribution in [3.05, 3.63) is 67.9 Å². The predicted octanol–water partition coefficient (Wildman–Crippen LogP) is 2.10. The number of non-ortho nitro benzene ring substituents is 1. The number of hydrogen-bond acceptors (Lipinski definition) is 11. The van der Waals surface area contributed by atoms with E-state index in [0.717, 1.165) is 41.9 Å². The number of thiazole rings is 1. The fourth-order valence-corrected chi connectivity index (χ4v) is 6.85. The number of nitrogens with two attached hydrogens (primary N) is 1. The molecule has 2 aromatic rings. The predicted molar refractivity (Wildman–Crippen MR) is 161 cm³/mol. The molecule has 5 N–H and O–H groups in total. The molecule has 1 aliphatic carbocycles. The molecule has 3 aliphatic heterocycles. The van der Waals surface area contributed by atoms with E-state index >= 15 is 0 Å². The molecule has 2 atom stereocenters. The molecular formula is C29H29N7O8S. The zero-order chi connectivity index (χ0) is 31.8. The largest absolute Gasteiger partial charge is 0.477 e. The Morgan fingerprint density at radius 2 is 2.00 bits per heavy atom. The van der Waals surface area contributed by atoms with Crippen LogP contribution in [0.4, 0.5) is 10.8 Å². The zero-order valence-electron chi connectivity index (χ0n) is 23.9. The smallest absolute Gasteiger partial charge is 0.352 e. The average molecular weight is 636 g/mol. The Morgan fingerprint density at radius 3 is 2.64 bits per heavy atom. The van der Waals surface area contributed by atoms with Crippen LogP contribution in [0, 0.1) is 10.1 Å². The van der Waals surface area contributed by atoms with Crippen LogP contribution in [-0.4, -0.2) is 74.0 Å². The zero-order valence-corrected chi connectivity index (χ0v) is 24.7. The topological polar surface area (TPSA) is 219 Å². The maximum absolute atomic E-state index is 13.5. The lowest BCUT2D eigenvalue weighted by Gasteiger charge is -2.50. The molecule has 45 heavy (non-hydrogen) atoms. The number of nitrogen functional groups attached to an aromatic ring is 1. The quantitative estimate of drug-likeness (QED) is 0.103. The summed E-state index contributed by atoms with van der Waals surface area (Å²) in [4.78, 5) is 74.3. The van der Waals surface area contributed by atoms with Crippen LogP contribution >= 0.6 is 11.3 Å². The van der Waals surface area contributed by atoms with Crippen molar-refractivity contribution in [3.8, 4) is 0 Å². The number of nitro benzene ring substituents is 1. The molecule has 0 radical (unpaired) electrons. The average Bonchev–Trinajstić information content (AvgIpc) is 3.79. The number of aromatic nitrogens is 1. The molecule has 0 spiro atoms. The first-order valence-electron chi connectivity index (χ1n) is 14.5. The first kappa shape index (κ1) is 29.9. The van der Waals surface area contributed by atoms with E-state index in [4.69, 9.17) is 10.6 Å². The van der Waals surface area contributed by atoms with E-state index in [1.165, 1.54) is 18.2 Å². The van der Waals surface area contributed by atoms with Crippen molar-refractivity contribution < 1.29 is 34.0 Å². The van der Waals surface area contributed by atoms with E-state index in [2.05, 4.69) is 20.8 Å². The van der Waals surface area contributed by atoms with Gasteiger partial charge < -0.3 is 26.3 Å². The summed E-state index contributed by atoms with van der Waals surface area (Å²) in [6.07, 6.45) is 4.11. The van der Waals surface area contributed by atoms with Gasteiger partial charge in [-0.3, -0.25) is 29.4 Å². The lowest BCUT2D eigenvalue weighted by Crippen LogP contribution is -2.72. The number of nitrogens with one attached hydrogen (secondary N) is 2. The van der Waals surface area contributed by atoms with Crippen molar-refractivity contribution in [2.45, 2.75) is 63.1 Å². The standard InChI is InChI=1S/C29H29N7O8S/c30-29-32-19(13-45-29)22(34-44-16-6-1-2-7-16)26(38)33-23-20-9-8-17(24(28(40)41)35(20)27(23)39)21(18-10-11-31-25(18)37)14-4-3-5-15(12-14)36(42)43/h3-5,12-13,16,20,23H,1-2,6-11H2,(H2,30,32)(H,31,37)(H,33,38)(H,40,41)/t20-,23+/m1/s1. The maximum Gasteiger partial charge on any atom is 0.352 e. The summed E-state index contributed by atoms with van der Waals surface area (Å²) in [6.45, 7) is 0.320. The van der Waals surface area contributed by atoms with Gasteiger partial charge in [0.15, 0.2) is 10.8 Å². The lowest BCUT2D eigenvalue weighted by atomic mass is 9.78. The van der Waals surface area contributed by atoms with E-state index in [-0.39, 0.29) is 70.0 Å². The van der Waals surface area contributed by atoms with Crippen molar-refractivity contribution in [1.82, 2.24) is 20.5 Å². The Kier molecular flexibility index (Phi) is 8.05. The summed E-state index contributed by atoms with van der Waals surface area (Å²) in [5.41, 5.74) is 6.32. The molecule has 2 saturated heterocycles. The monoisotopic (exact) mass is 635 g/mol. The van der Waals surface area contributed by atoms with Crippen LogP contribution in [0.3, 0.4) is 0 Å². The minimum absolute atomic E-state index is 0.131. The van der Waals surface area contributed by atoms with E-state index in [1.807, 2.05) is 0 Å². The second-order valence-electron chi connectivity index (χ2n) is 11.1. The summed E-state index contributed by atoms with van der Waals surface area (Å²) in [6, 6.07) is 3.87. The summed E-state index contributed by atoms with van der Waals surface area (Å²) in [5.74, 6) is -3.19. The number of nitrogens with zero attached hydrogens (tertiary/aromatic N) is 4. The molecule has 4 heterocycles. The Hall–Kier alpha value is -5.12. The highest BCUT2D eigenvalue weighted by Crippen LogP contribution is 2.44. The lowest BCUT2D eigenvalue weighted by molar-refractivity contribution is -0.384. The highest BCUT2D eigenvalue weighted by Gasteiger charge is 2.54. The molecule has 15 nitrogen and oxygen atoms in total.